The Morgan fingerprint density at radius 1 is 0.482 bits per heavy atom. The van der Waals surface area contributed by atoms with Crippen LogP contribution in [0.2, 0.25) is 0 Å². The zero-order chi connectivity index (χ0) is 63.0. The molecule has 1 heterocycles. The summed E-state index contributed by atoms with van der Waals surface area (Å²) in [6.45, 7) is 8.26. The minimum absolute atomic E-state index is 0.0269. The van der Waals surface area contributed by atoms with E-state index in [0.717, 1.165) is 31.8 Å². The number of unbranched alkanes of at least 4 members (excludes halogenated alkanes) is 5. The summed E-state index contributed by atoms with van der Waals surface area (Å²) in [7, 11) is 1.00. The maximum Gasteiger partial charge on any atom is 0.326 e. The van der Waals surface area contributed by atoms with Crippen LogP contribution < -0.4 is 32.3 Å². The number of aliphatic hydroxyl groups is 1. The number of urea groups is 1. The Bertz CT molecular complexity index is 2060. The fourth-order valence-corrected chi connectivity index (χ4v) is 8.02. The number of aliphatic carboxylic acids is 6. The third kappa shape index (κ3) is 44.0. The van der Waals surface area contributed by atoms with Crippen LogP contribution in [0.4, 0.5) is 4.79 Å². The van der Waals surface area contributed by atoms with E-state index in [1.807, 2.05) is 49.1 Å². The number of carboxylic acids is 6. The first kappa shape index (κ1) is 77.7. The number of rotatable bonds is 37. The minimum Gasteiger partial charge on any atom is -0.481 e. The highest BCUT2D eigenvalue weighted by Gasteiger charge is 2.26. The Hall–Kier alpha value is -7.34. The van der Waals surface area contributed by atoms with Gasteiger partial charge in [0.15, 0.2) is 0 Å². The minimum atomic E-state index is -1.49. The standard InChI is InChI=1S/C35H53N5O12.C16H29N5O6.C2H6.CH4O/c41-28(36-22-10-8-14-25(32(46)47)38-30(43)20-18-24-12-4-3-5-13-24)16-6-1-2-7-17-29(42)37-23-11-9-15-26(33(48)49)39-35(52)40-27(34(50)51)19-21-31(44)45;17-14(23)11-19-5-7-20(12-15(24)25)3-1-18(9-10-22)2-4-21(8-6-19)13-16(26)27;2*1-2/h3-5,12-13,25-27H,1-2,6-11,14-23H2,(H,36,41)(H,37,42)(H,38,43)(H,44,45)(H,46,47)(H,48,49)(H,50,51)(H2,39,40,52);10H,1-9,11-13H2,(H2,17,23)(H,24,25)(H,26,27);1-2H3;2H,1H3. The molecule has 1 aliphatic rings. The Balaban J connectivity index is 0. The maximum absolute atomic E-state index is 12.2. The van der Waals surface area contributed by atoms with Crippen LogP contribution in [0, 0.1) is 0 Å². The van der Waals surface area contributed by atoms with E-state index in [0.29, 0.717) is 123 Å². The highest BCUT2D eigenvalue weighted by atomic mass is 16.4. The number of carbonyl (C=O) groups is 12. The number of nitrogens with zero attached hydrogens (tertiary/aromatic N) is 4. The molecule has 0 bridgehead atoms. The molecule has 3 unspecified atom stereocenters. The molecule has 1 saturated heterocycles. The number of primary amides is 1. The van der Waals surface area contributed by atoms with Crippen molar-refractivity contribution in [2.75, 3.05) is 98.7 Å². The third-order valence-corrected chi connectivity index (χ3v) is 12.4. The van der Waals surface area contributed by atoms with E-state index in [2.05, 4.69) is 26.6 Å². The van der Waals surface area contributed by atoms with Crippen molar-refractivity contribution in [3.05, 3.63) is 35.9 Å². The van der Waals surface area contributed by atoms with Gasteiger partial charge < -0.3 is 72.9 Å². The molecule has 472 valence electrons. The van der Waals surface area contributed by atoms with Crippen LogP contribution in [0.5, 0.6) is 0 Å². The van der Waals surface area contributed by atoms with Crippen LogP contribution in [0.1, 0.15) is 116 Å². The molecule has 29 nitrogen and oxygen atoms in total. The van der Waals surface area contributed by atoms with Gasteiger partial charge in [0.05, 0.1) is 26.2 Å². The molecular weight excluding hydrogens is 1090 g/mol. The van der Waals surface area contributed by atoms with Crippen molar-refractivity contribution in [1.82, 2.24) is 46.2 Å². The molecule has 2 rings (SSSR count). The highest BCUT2D eigenvalue weighted by molar-refractivity contribution is 5.86. The molecule has 29 heteroatoms. The molecule has 0 aliphatic carbocycles. The van der Waals surface area contributed by atoms with Gasteiger partial charge >= 0.3 is 41.8 Å². The van der Waals surface area contributed by atoms with Crippen molar-refractivity contribution >= 4 is 71.8 Å². The molecule has 1 aromatic carbocycles. The van der Waals surface area contributed by atoms with Gasteiger partial charge in [-0.15, -0.1) is 0 Å². The van der Waals surface area contributed by atoms with Gasteiger partial charge in [-0.25, -0.2) is 19.2 Å². The molecule has 0 saturated carbocycles. The molecule has 0 spiro atoms. The molecule has 6 amide bonds. The van der Waals surface area contributed by atoms with Crippen LogP contribution in [0.3, 0.4) is 0 Å². The van der Waals surface area contributed by atoms with Crippen LogP contribution in [0.25, 0.3) is 0 Å². The van der Waals surface area contributed by atoms with E-state index < -0.39 is 72.3 Å². The fraction of sp³-hybridized carbons (Fsp3) is 0.667. The number of aliphatic hydroxyl groups excluding tert-OH is 1. The second-order valence-electron chi connectivity index (χ2n) is 18.9. The number of amides is 6. The number of nitrogens with one attached hydrogen (secondary N) is 5. The Labute approximate surface area is 485 Å². The maximum atomic E-state index is 12.2. The van der Waals surface area contributed by atoms with E-state index in [1.54, 1.807) is 14.7 Å². The zero-order valence-corrected chi connectivity index (χ0v) is 48.3. The number of aryl methyl sites for hydroxylation is 1. The summed E-state index contributed by atoms with van der Waals surface area (Å²) < 4.78 is 0. The topological polar surface area (TPSA) is 446 Å². The third-order valence-electron chi connectivity index (χ3n) is 12.4. The predicted octanol–water partition coefficient (Wildman–Crippen LogP) is -0.131. The second kappa shape index (κ2) is 49.3. The molecule has 1 aliphatic heterocycles. The van der Waals surface area contributed by atoms with Gasteiger partial charge in [0.1, 0.15) is 24.4 Å². The number of aldehydes is 1. The van der Waals surface area contributed by atoms with Crippen LogP contribution in [-0.4, -0.2) is 244 Å². The van der Waals surface area contributed by atoms with Crippen molar-refractivity contribution in [3.8, 4) is 0 Å². The quantitative estimate of drug-likeness (QED) is 0.0305. The molecule has 14 N–H and O–H groups in total. The first-order valence-electron chi connectivity index (χ1n) is 27.9. The van der Waals surface area contributed by atoms with Crippen LogP contribution in [-0.2, 0) is 59.2 Å². The lowest BCUT2D eigenvalue weighted by Crippen LogP contribution is -2.51. The molecule has 0 radical (unpaired) electrons. The normalized spacial score (nSPS) is 14.3. The summed E-state index contributed by atoms with van der Waals surface area (Å²) >= 11 is 0. The first-order valence-corrected chi connectivity index (χ1v) is 27.9. The average molecular weight is 1190 g/mol. The van der Waals surface area contributed by atoms with E-state index >= 15 is 0 Å². The lowest BCUT2D eigenvalue weighted by molar-refractivity contribution is -0.142. The average Bonchev–Trinajstić information content (AvgIpc) is 3.43. The van der Waals surface area contributed by atoms with Crippen molar-refractivity contribution in [3.63, 3.8) is 0 Å². The molecule has 83 heavy (non-hydrogen) atoms. The number of nitrogens with two attached hydrogens (primary N) is 1. The lowest BCUT2D eigenvalue weighted by atomic mass is 10.1. The molecule has 1 aromatic rings. The van der Waals surface area contributed by atoms with Crippen molar-refractivity contribution in [2.45, 2.75) is 135 Å². The molecular formula is C54H92N10O19. The largest absolute Gasteiger partial charge is 0.481 e. The number of benzene rings is 1. The lowest BCUT2D eigenvalue weighted by Gasteiger charge is -2.32. The van der Waals surface area contributed by atoms with Gasteiger partial charge in [0.25, 0.3) is 0 Å². The number of hydrogen-bond acceptors (Lipinski definition) is 17. The van der Waals surface area contributed by atoms with Gasteiger partial charge in [-0.3, -0.25) is 53.2 Å². The number of carboxylic acid groups (broad SMARTS) is 6. The monoisotopic (exact) mass is 1180 g/mol. The van der Waals surface area contributed by atoms with E-state index in [9.17, 15) is 67.7 Å². The van der Waals surface area contributed by atoms with Gasteiger partial charge in [-0.05, 0) is 69.8 Å². The Morgan fingerprint density at radius 3 is 1.27 bits per heavy atom. The van der Waals surface area contributed by atoms with Gasteiger partial charge in [-0.2, -0.15) is 0 Å². The summed E-state index contributed by atoms with van der Waals surface area (Å²) in [4.78, 5) is 145. The van der Waals surface area contributed by atoms with E-state index in [4.69, 9.17) is 31.3 Å². The zero-order valence-electron chi connectivity index (χ0n) is 48.3. The van der Waals surface area contributed by atoms with Crippen molar-refractivity contribution in [1.29, 1.82) is 0 Å². The van der Waals surface area contributed by atoms with Gasteiger partial charge in [0, 0.05) is 98.2 Å². The number of carbonyl (C=O) groups excluding carboxylic acids is 6. The number of hydrogen-bond donors (Lipinski definition) is 13. The van der Waals surface area contributed by atoms with Crippen LogP contribution >= 0.6 is 0 Å². The SMILES string of the molecule is CC.CO.NC(=O)CN1CCN(CC(=O)O)CCN(CC=O)CCN(CC(=O)O)CC1.O=C(O)CCC(NC(=O)NC(CCCCNC(=O)CCCCCCC(=O)NCCCCC(NC(=O)CCc1ccccc1)C(=O)O)C(=O)O)C(=O)O. The van der Waals surface area contributed by atoms with Crippen LogP contribution in [0.15, 0.2) is 30.3 Å². The summed E-state index contributed by atoms with van der Waals surface area (Å²) in [5, 5.41) is 74.2. The Kier molecular flexibility index (Phi) is 46.2. The summed E-state index contributed by atoms with van der Waals surface area (Å²) in [6, 6.07) is 4.63. The smallest absolute Gasteiger partial charge is 0.326 e. The Morgan fingerprint density at radius 2 is 0.880 bits per heavy atom. The summed E-state index contributed by atoms with van der Waals surface area (Å²) in [6.07, 6.45) is 6.23. The first-order chi connectivity index (χ1) is 39.6. The second-order valence-corrected chi connectivity index (χ2v) is 18.9. The molecule has 0 aromatic heterocycles. The van der Waals surface area contributed by atoms with E-state index in [-0.39, 0.29) is 69.6 Å². The summed E-state index contributed by atoms with van der Waals surface area (Å²) in [5.41, 5.74) is 6.28. The van der Waals surface area contributed by atoms with Gasteiger partial charge in [0.2, 0.25) is 23.6 Å². The summed E-state index contributed by atoms with van der Waals surface area (Å²) in [5.74, 6) is -8.08. The molecule has 3 atom stereocenters. The highest BCUT2D eigenvalue weighted by Crippen LogP contribution is 2.09. The predicted molar refractivity (Wildman–Crippen MR) is 303 cm³/mol. The van der Waals surface area contributed by atoms with Crippen molar-refractivity contribution in [2.24, 2.45) is 5.73 Å². The fourth-order valence-electron chi connectivity index (χ4n) is 8.02. The van der Waals surface area contributed by atoms with E-state index in [1.165, 1.54) is 0 Å². The van der Waals surface area contributed by atoms with Gasteiger partial charge in [-0.1, -0.05) is 57.0 Å². The van der Waals surface area contributed by atoms with Crippen molar-refractivity contribution < 1.29 is 93.3 Å². The molecule has 1 fully saturated rings.